The van der Waals surface area contributed by atoms with Crippen molar-refractivity contribution in [2.45, 2.75) is 4.90 Å². The maximum atomic E-state index is 13.3. The van der Waals surface area contributed by atoms with Crippen molar-refractivity contribution in [1.29, 1.82) is 0 Å². The molecule has 0 saturated heterocycles. The van der Waals surface area contributed by atoms with Crippen LogP contribution >= 0.6 is 0 Å². The molecule has 0 saturated carbocycles. The van der Waals surface area contributed by atoms with Gasteiger partial charge in [0.2, 0.25) is 10.0 Å². The van der Waals surface area contributed by atoms with E-state index >= 15 is 0 Å². The van der Waals surface area contributed by atoms with E-state index < -0.39 is 15.8 Å². The van der Waals surface area contributed by atoms with E-state index in [4.69, 9.17) is 4.74 Å². The Morgan fingerprint density at radius 3 is 2.35 bits per heavy atom. The molecule has 2 aromatic rings. The minimum Gasteiger partial charge on any atom is -0.489 e. The van der Waals surface area contributed by atoms with Gasteiger partial charge in [-0.05, 0) is 24.3 Å². The van der Waals surface area contributed by atoms with Crippen LogP contribution in [0, 0.1) is 5.82 Å². The van der Waals surface area contributed by atoms with Crippen LogP contribution in [0.25, 0.3) is 0 Å². The number of ether oxygens (including phenoxy) is 1. The Morgan fingerprint density at radius 2 is 1.65 bits per heavy atom. The SMILES string of the molecule is O=S(=O)(NCCOc1ccccc1F)c1ccccc1. The van der Waals surface area contributed by atoms with Crippen molar-refractivity contribution in [3.8, 4) is 5.75 Å². The molecule has 1 N–H and O–H groups in total. The molecule has 2 aromatic carbocycles. The van der Waals surface area contributed by atoms with Crippen LogP contribution in [-0.2, 0) is 10.0 Å². The van der Waals surface area contributed by atoms with Crippen molar-refractivity contribution in [3.63, 3.8) is 0 Å². The van der Waals surface area contributed by atoms with E-state index in [9.17, 15) is 12.8 Å². The van der Waals surface area contributed by atoms with Gasteiger partial charge in [0.25, 0.3) is 0 Å². The standard InChI is InChI=1S/C14H14FNO3S/c15-13-8-4-5-9-14(13)19-11-10-16-20(17,18)12-6-2-1-3-7-12/h1-9,16H,10-11H2. The minimum absolute atomic E-state index is 0.0486. The third-order valence-corrected chi connectivity index (χ3v) is 4.02. The third-order valence-electron chi connectivity index (χ3n) is 2.54. The van der Waals surface area contributed by atoms with Gasteiger partial charge < -0.3 is 4.74 Å². The number of nitrogens with one attached hydrogen (secondary N) is 1. The number of hydrogen-bond acceptors (Lipinski definition) is 3. The van der Waals surface area contributed by atoms with Gasteiger partial charge in [0.05, 0.1) is 4.90 Å². The van der Waals surface area contributed by atoms with Crippen molar-refractivity contribution in [3.05, 3.63) is 60.4 Å². The van der Waals surface area contributed by atoms with Crippen LogP contribution in [0.5, 0.6) is 5.75 Å². The van der Waals surface area contributed by atoms with Crippen LogP contribution in [0.15, 0.2) is 59.5 Å². The molecule has 0 atom stereocenters. The maximum absolute atomic E-state index is 13.3. The van der Waals surface area contributed by atoms with Crippen molar-refractivity contribution in [1.82, 2.24) is 4.72 Å². The first-order valence-corrected chi connectivity index (χ1v) is 7.50. The van der Waals surface area contributed by atoms with Crippen LogP contribution in [-0.4, -0.2) is 21.6 Å². The Balaban J connectivity index is 1.86. The first kappa shape index (κ1) is 14.5. The second kappa shape index (κ2) is 6.49. The smallest absolute Gasteiger partial charge is 0.240 e. The second-order valence-electron chi connectivity index (χ2n) is 3.99. The van der Waals surface area contributed by atoms with Crippen molar-refractivity contribution in [2.24, 2.45) is 0 Å². The molecule has 0 aliphatic heterocycles. The molecule has 0 amide bonds. The molecule has 0 unspecified atom stereocenters. The van der Waals surface area contributed by atoms with E-state index in [1.807, 2.05) is 0 Å². The average Bonchev–Trinajstić information content (AvgIpc) is 2.46. The lowest BCUT2D eigenvalue weighted by Crippen LogP contribution is -2.28. The van der Waals surface area contributed by atoms with Crippen LogP contribution < -0.4 is 9.46 Å². The summed E-state index contributed by atoms with van der Waals surface area (Å²) in [5.41, 5.74) is 0. The molecule has 4 nitrogen and oxygen atoms in total. The van der Waals surface area contributed by atoms with Crippen LogP contribution in [0.4, 0.5) is 4.39 Å². The first-order chi connectivity index (χ1) is 9.59. The molecule has 0 heterocycles. The number of halogens is 1. The molecular formula is C14H14FNO3S. The van der Waals surface area contributed by atoms with Crippen LogP contribution in [0.2, 0.25) is 0 Å². The molecule has 0 aliphatic rings. The first-order valence-electron chi connectivity index (χ1n) is 6.01. The normalized spacial score (nSPS) is 11.2. The fourth-order valence-electron chi connectivity index (χ4n) is 1.58. The van der Waals surface area contributed by atoms with E-state index in [1.54, 1.807) is 30.3 Å². The summed E-state index contributed by atoms with van der Waals surface area (Å²) in [6.45, 7) is 0.110. The van der Waals surface area contributed by atoms with Gasteiger partial charge in [-0.15, -0.1) is 0 Å². The lowest BCUT2D eigenvalue weighted by Gasteiger charge is -2.09. The molecule has 0 aliphatic carbocycles. The minimum atomic E-state index is -3.55. The highest BCUT2D eigenvalue weighted by molar-refractivity contribution is 7.89. The molecule has 0 fully saturated rings. The van der Waals surface area contributed by atoms with Gasteiger partial charge in [-0.25, -0.2) is 17.5 Å². The molecule has 2 rings (SSSR count). The van der Waals surface area contributed by atoms with E-state index in [0.29, 0.717) is 0 Å². The van der Waals surface area contributed by atoms with Crippen LogP contribution in [0.1, 0.15) is 0 Å². The van der Waals surface area contributed by atoms with Gasteiger partial charge in [0, 0.05) is 6.54 Å². The Morgan fingerprint density at radius 1 is 1.00 bits per heavy atom. The number of para-hydroxylation sites is 1. The zero-order valence-electron chi connectivity index (χ0n) is 10.6. The highest BCUT2D eigenvalue weighted by Crippen LogP contribution is 2.14. The monoisotopic (exact) mass is 295 g/mol. The lowest BCUT2D eigenvalue weighted by molar-refractivity contribution is 0.306. The van der Waals surface area contributed by atoms with Gasteiger partial charge >= 0.3 is 0 Å². The molecule has 0 spiro atoms. The van der Waals surface area contributed by atoms with Crippen LogP contribution in [0.3, 0.4) is 0 Å². The number of rotatable bonds is 6. The Bertz CT molecular complexity index is 659. The highest BCUT2D eigenvalue weighted by atomic mass is 32.2. The third kappa shape index (κ3) is 3.79. The van der Waals surface area contributed by atoms with Gasteiger partial charge in [0.15, 0.2) is 11.6 Å². The summed E-state index contributed by atoms with van der Waals surface area (Å²) in [7, 11) is -3.55. The van der Waals surface area contributed by atoms with E-state index in [-0.39, 0.29) is 23.8 Å². The number of benzene rings is 2. The molecule has 6 heteroatoms. The molecule has 20 heavy (non-hydrogen) atoms. The topological polar surface area (TPSA) is 55.4 Å². The van der Waals surface area contributed by atoms with Crippen molar-refractivity contribution in [2.75, 3.05) is 13.2 Å². The van der Waals surface area contributed by atoms with Crippen molar-refractivity contribution >= 4 is 10.0 Å². The summed E-state index contributed by atoms with van der Waals surface area (Å²) in [5, 5.41) is 0. The number of hydrogen-bond donors (Lipinski definition) is 1. The molecular weight excluding hydrogens is 281 g/mol. The van der Waals surface area contributed by atoms with E-state index in [2.05, 4.69) is 4.72 Å². The summed E-state index contributed by atoms with van der Waals surface area (Å²) in [6, 6.07) is 14.0. The van der Waals surface area contributed by atoms with Crippen molar-refractivity contribution < 1.29 is 17.5 Å². The zero-order chi connectivity index (χ0) is 14.4. The summed E-state index contributed by atoms with van der Waals surface area (Å²) in [6.07, 6.45) is 0. The lowest BCUT2D eigenvalue weighted by atomic mass is 10.3. The molecule has 106 valence electrons. The fourth-order valence-corrected chi connectivity index (χ4v) is 2.62. The van der Waals surface area contributed by atoms with Gasteiger partial charge in [-0.3, -0.25) is 0 Å². The summed E-state index contributed by atoms with van der Waals surface area (Å²) in [4.78, 5) is 0.186. The number of sulfonamides is 1. The van der Waals surface area contributed by atoms with Gasteiger partial charge in [0.1, 0.15) is 6.61 Å². The summed E-state index contributed by atoms with van der Waals surface area (Å²) >= 11 is 0. The van der Waals surface area contributed by atoms with E-state index in [0.717, 1.165) is 0 Å². The maximum Gasteiger partial charge on any atom is 0.240 e. The Kier molecular flexibility index (Phi) is 4.70. The average molecular weight is 295 g/mol. The fraction of sp³-hybridized carbons (Fsp3) is 0.143. The summed E-state index contributed by atoms with van der Waals surface area (Å²) < 4.78 is 44.5. The Hall–Kier alpha value is -1.92. The van der Waals surface area contributed by atoms with Gasteiger partial charge in [-0.1, -0.05) is 30.3 Å². The molecule has 0 aromatic heterocycles. The predicted octanol–water partition coefficient (Wildman–Crippen LogP) is 2.18. The quantitative estimate of drug-likeness (QED) is 0.831. The largest absolute Gasteiger partial charge is 0.489 e. The van der Waals surface area contributed by atoms with E-state index in [1.165, 1.54) is 24.3 Å². The molecule has 0 bridgehead atoms. The summed E-state index contributed by atoms with van der Waals surface area (Å²) in [5.74, 6) is -0.371. The predicted molar refractivity (Wildman–Crippen MR) is 73.5 cm³/mol. The highest BCUT2D eigenvalue weighted by Gasteiger charge is 2.12. The van der Waals surface area contributed by atoms with Gasteiger partial charge in [-0.2, -0.15) is 0 Å². The second-order valence-corrected chi connectivity index (χ2v) is 5.76. The zero-order valence-corrected chi connectivity index (χ0v) is 11.4. The Labute approximate surface area is 117 Å². The molecule has 0 radical (unpaired) electrons.